The minimum Gasteiger partial charge on any atom is -0.369 e. The van der Waals surface area contributed by atoms with E-state index >= 15 is 0 Å². The largest absolute Gasteiger partial charge is 0.369 e. The van der Waals surface area contributed by atoms with Gasteiger partial charge in [-0.3, -0.25) is 29.5 Å². The number of anilines is 1. The average Bonchev–Trinajstić information content (AvgIpc) is 2.83. The first-order valence-corrected chi connectivity index (χ1v) is 12.3. The lowest BCUT2D eigenvalue weighted by molar-refractivity contribution is -0.129. The summed E-state index contributed by atoms with van der Waals surface area (Å²) in [5.74, 6) is 0.502. The van der Waals surface area contributed by atoms with E-state index in [2.05, 4.69) is 26.5 Å². The number of imide groups is 1. The van der Waals surface area contributed by atoms with Crippen LogP contribution in [0.3, 0.4) is 0 Å². The van der Waals surface area contributed by atoms with Gasteiger partial charge >= 0.3 is 0 Å². The predicted molar refractivity (Wildman–Crippen MR) is 130 cm³/mol. The Bertz CT molecular complexity index is 788. The van der Waals surface area contributed by atoms with Crippen molar-refractivity contribution in [2.75, 3.05) is 57.8 Å². The number of piperidine rings is 1. The Hall–Kier alpha value is -2.29. The molecule has 33 heavy (non-hydrogen) atoms. The maximum absolute atomic E-state index is 12.3. The van der Waals surface area contributed by atoms with E-state index in [0.29, 0.717) is 24.9 Å². The van der Waals surface area contributed by atoms with Crippen molar-refractivity contribution < 1.29 is 14.4 Å². The molecular formula is C25H39N5O3. The van der Waals surface area contributed by atoms with Gasteiger partial charge in [0.1, 0.15) is 6.29 Å². The Labute approximate surface area is 197 Å². The van der Waals surface area contributed by atoms with Gasteiger partial charge < -0.3 is 10.2 Å². The van der Waals surface area contributed by atoms with Crippen LogP contribution in [-0.2, 0) is 16.1 Å². The minimum absolute atomic E-state index is 0.303. The molecule has 0 spiro atoms. The Morgan fingerprint density at radius 2 is 1.94 bits per heavy atom. The number of rotatable bonds is 11. The highest BCUT2D eigenvalue weighted by Gasteiger charge is 2.24. The van der Waals surface area contributed by atoms with Crippen LogP contribution < -0.4 is 15.5 Å². The smallest absolute Gasteiger partial charge is 0.243 e. The Morgan fingerprint density at radius 3 is 2.58 bits per heavy atom. The van der Waals surface area contributed by atoms with Crippen LogP contribution in [-0.4, -0.2) is 87.3 Å². The van der Waals surface area contributed by atoms with Gasteiger partial charge in [0, 0.05) is 50.5 Å². The second-order valence-corrected chi connectivity index (χ2v) is 9.33. The van der Waals surface area contributed by atoms with Gasteiger partial charge in [-0.2, -0.15) is 0 Å². The number of piperazine rings is 1. The molecule has 8 nitrogen and oxygen atoms in total. The van der Waals surface area contributed by atoms with Gasteiger partial charge in [0.15, 0.2) is 0 Å². The third kappa shape index (κ3) is 7.09. The maximum Gasteiger partial charge on any atom is 0.243 e. The molecule has 2 N–H and O–H groups in total. The fraction of sp³-hybridized carbons (Fsp3) is 0.640. The first kappa shape index (κ1) is 25.3. The molecule has 0 radical (unpaired) electrons. The molecule has 1 atom stereocenters. The molecule has 1 aromatic rings. The summed E-state index contributed by atoms with van der Waals surface area (Å²) in [5.41, 5.74) is 2.67. The van der Waals surface area contributed by atoms with Crippen molar-refractivity contribution in [3.8, 4) is 0 Å². The topological polar surface area (TPSA) is 85.0 Å². The zero-order valence-electron chi connectivity index (χ0n) is 20.1. The van der Waals surface area contributed by atoms with Crippen LogP contribution in [0, 0.1) is 5.92 Å². The maximum atomic E-state index is 12.3. The number of hydrogen-bond donors (Lipinski definition) is 2. The molecule has 8 heteroatoms. The van der Waals surface area contributed by atoms with Gasteiger partial charge in [-0.25, -0.2) is 0 Å². The number of hydrogen-bond acceptors (Lipinski definition) is 7. The highest BCUT2D eigenvalue weighted by atomic mass is 16.2. The number of likely N-dealkylation sites (N-methyl/N-ethyl adjacent to an activating group) is 1. The molecule has 0 aromatic heterocycles. The normalized spacial score (nSPS) is 18.8. The lowest BCUT2D eigenvalue weighted by atomic mass is 9.97. The molecule has 2 heterocycles. The molecule has 1 aromatic carbocycles. The molecule has 2 fully saturated rings. The molecule has 2 amide bonds. The van der Waals surface area contributed by atoms with Crippen LogP contribution in [0.2, 0.25) is 0 Å². The fourth-order valence-corrected chi connectivity index (χ4v) is 5.02. The van der Waals surface area contributed by atoms with E-state index in [1.54, 1.807) is 0 Å². The zero-order chi connectivity index (χ0) is 23.6. The van der Waals surface area contributed by atoms with Gasteiger partial charge in [0.05, 0.1) is 6.04 Å². The molecular weight excluding hydrogens is 418 g/mol. The van der Waals surface area contributed by atoms with Crippen molar-refractivity contribution in [3.63, 3.8) is 0 Å². The van der Waals surface area contributed by atoms with E-state index in [0.717, 1.165) is 69.1 Å². The lowest BCUT2D eigenvalue weighted by Gasteiger charge is -2.38. The molecule has 2 saturated heterocycles. The lowest BCUT2D eigenvalue weighted by Crippen LogP contribution is -2.48. The summed E-state index contributed by atoms with van der Waals surface area (Å²) in [6.07, 6.45) is 5.32. The van der Waals surface area contributed by atoms with Crippen molar-refractivity contribution in [3.05, 3.63) is 29.3 Å². The van der Waals surface area contributed by atoms with E-state index in [-0.39, 0.29) is 5.91 Å². The third-order valence-corrected chi connectivity index (χ3v) is 6.98. The van der Waals surface area contributed by atoms with E-state index < -0.39 is 6.04 Å². The van der Waals surface area contributed by atoms with Gasteiger partial charge in [-0.1, -0.05) is 13.3 Å². The van der Waals surface area contributed by atoms with Crippen LogP contribution in [0.5, 0.6) is 0 Å². The summed E-state index contributed by atoms with van der Waals surface area (Å²) in [6.45, 7) is 10.0. The third-order valence-electron chi connectivity index (χ3n) is 6.98. The van der Waals surface area contributed by atoms with Gasteiger partial charge in [0.2, 0.25) is 12.3 Å². The summed E-state index contributed by atoms with van der Waals surface area (Å²) in [4.78, 5) is 41.7. The standard InChI is InChI=1S/C25H39N5O3/c1-3-4-24(25(33)27-19-32)28(2)17-22-15-23(6-5-21(22)18-31)30-13-11-29(12-14-30)16-20-7-9-26-10-8-20/h5-6,15,18-20,24,26H,3-4,7-14,16-17H2,1-2H3,(H,27,32,33). The second kappa shape index (κ2) is 12.8. The van der Waals surface area contributed by atoms with Crippen LogP contribution in [0.25, 0.3) is 0 Å². The summed E-state index contributed by atoms with van der Waals surface area (Å²) in [6, 6.07) is 5.58. The number of benzene rings is 1. The molecule has 182 valence electrons. The minimum atomic E-state index is -0.415. The monoisotopic (exact) mass is 457 g/mol. The van der Waals surface area contributed by atoms with E-state index in [4.69, 9.17) is 0 Å². The zero-order valence-corrected chi connectivity index (χ0v) is 20.1. The molecule has 0 aliphatic carbocycles. The number of amides is 2. The molecule has 2 aliphatic rings. The summed E-state index contributed by atoms with van der Waals surface area (Å²) in [7, 11) is 1.87. The SMILES string of the molecule is CCCC(C(=O)NC=O)N(C)Cc1cc(N2CCN(CC3CCNCC3)CC2)ccc1C=O. The van der Waals surface area contributed by atoms with Gasteiger partial charge in [0.25, 0.3) is 0 Å². The van der Waals surface area contributed by atoms with Crippen LogP contribution >= 0.6 is 0 Å². The van der Waals surface area contributed by atoms with Crippen molar-refractivity contribution >= 4 is 24.3 Å². The predicted octanol–water partition coefficient (Wildman–Crippen LogP) is 1.49. The molecule has 1 unspecified atom stereocenters. The van der Waals surface area contributed by atoms with Gasteiger partial charge in [-0.15, -0.1) is 0 Å². The van der Waals surface area contributed by atoms with Gasteiger partial charge in [-0.05, 0) is 69.1 Å². The highest BCUT2D eigenvalue weighted by molar-refractivity contribution is 5.90. The summed E-state index contributed by atoms with van der Waals surface area (Å²) in [5, 5.41) is 5.72. The van der Waals surface area contributed by atoms with Crippen LogP contribution in [0.4, 0.5) is 5.69 Å². The molecule has 0 saturated carbocycles. The number of carbonyl (C=O) groups is 3. The molecule has 2 aliphatic heterocycles. The van der Waals surface area contributed by atoms with Crippen molar-refractivity contribution in [2.24, 2.45) is 5.92 Å². The highest BCUT2D eigenvalue weighted by Crippen LogP contribution is 2.23. The number of nitrogens with one attached hydrogen (secondary N) is 2. The first-order chi connectivity index (χ1) is 16.0. The number of nitrogens with zero attached hydrogens (tertiary/aromatic N) is 3. The Kier molecular flexibility index (Phi) is 9.84. The first-order valence-electron chi connectivity index (χ1n) is 12.3. The second-order valence-electron chi connectivity index (χ2n) is 9.33. The number of aldehydes is 1. The van der Waals surface area contributed by atoms with Crippen LogP contribution in [0.1, 0.15) is 48.5 Å². The Morgan fingerprint density at radius 1 is 1.21 bits per heavy atom. The van der Waals surface area contributed by atoms with E-state index in [9.17, 15) is 14.4 Å². The van der Waals surface area contributed by atoms with Crippen molar-refractivity contribution in [2.45, 2.75) is 45.2 Å². The van der Waals surface area contributed by atoms with E-state index in [1.807, 2.05) is 31.0 Å². The van der Waals surface area contributed by atoms with Crippen molar-refractivity contribution in [1.29, 1.82) is 0 Å². The number of carbonyl (C=O) groups excluding carboxylic acids is 3. The Balaban J connectivity index is 1.63. The summed E-state index contributed by atoms with van der Waals surface area (Å²) < 4.78 is 0. The quantitative estimate of drug-likeness (QED) is 0.487. The average molecular weight is 458 g/mol. The van der Waals surface area contributed by atoms with Crippen LogP contribution in [0.15, 0.2) is 18.2 Å². The van der Waals surface area contributed by atoms with Crippen molar-refractivity contribution in [1.82, 2.24) is 20.4 Å². The molecule has 3 rings (SSSR count). The summed E-state index contributed by atoms with van der Waals surface area (Å²) >= 11 is 0. The molecule has 0 bridgehead atoms. The fourth-order valence-electron chi connectivity index (χ4n) is 5.02. The van der Waals surface area contributed by atoms with E-state index in [1.165, 1.54) is 19.4 Å².